The van der Waals surface area contributed by atoms with Gasteiger partial charge >= 0.3 is 0 Å². The molecule has 1 atom stereocenters. The lowest BCUT2D eigenvalue weighted by molar-refractivity contribution is -0.147. The molecule has 0 bridgehead atoms. The van der Waals surface area contributed by atoms with Crippen molar-refractivity contribution in [2.24, 2.45) is 0 Å². The van der Waals surface area contributed by atoms with E-state index in [9.17, 15) is 4.79 Å². The van der Waals surface area contributed by atoms with E-state index < -0.39 is 6.10 Å². The number of hydrogen-bond donors (Lipinski definition) is 2. The summed E-state index contributed by atoms with van der Waals surface area (Å²) in [5.74, 6) is 0.669. The molecule has 2 heterocycles. The van der Waals surface area contributed by atoms with Gasteiger partial charge in [-0.25, -0.2) is 4.98 Å². The zero-order chi connectivity index (χ0) is 14.7. The molecule has 1 aliphatic rings. The van der Waals surface area contributed by atoms with Gasteiger partial charge in [-0.2, -0.15) is 0 Å². The number of carbonyl (C=O) groups is 1. The monoisotopic (exact) mass is 309 g/mol. The molecule has 1 aromatic carbocycles. The van der Waals surface area contributed by atoms with Gasteiger partial charge in [-0.05, 0) is 18.2 Å². The molecule has 6 nitrogen and oxygen atoms in total. The first-order valence-corrected chi connectivity index (χ1v) is 7.21. The van der Waals surface area contributed by atoms with Crippen molar-refractivity contribution in [2.75, 3.05) is 26.4 Å². The van der Waals surface area contributed by atoms with E-state index >= 15 is 0 Å². The Morgan fingerprint density at radius 1 is 1.48 bits per heavy atom. The minimum absolute atomic E-state index is 0.145. The molecule has 21 heavy (non-hydrogen) atoms. The Morgan fingerprint density at radius 2 is 2.38 bits per heavy atom. The number of imidazole rings is 1. The largest absolute Gasteiger partial charge is 0.376 e. The van der Waals surface area contributed by atoms with Crippen LogP contribution in [-0.4, -0.2) is 48.3 Å². The second-order valence-corrected chi connectivity index (χ2v) is 5.26. The predicted molar refractivity (Wildman–Crippen MR) is 78.4 cm³/mol. The highest BCUT2D eigenvalue weighted by atomic mass is 35.5. The summed E-state index contributed by atoms with van der Waals surface area (Å²) in [6, 6.07) is 5.50. The van der Waals surface area contributed by atoms with E-state index in [-0.39, 0.29) is 5.91 Å². The van der Waals surface area contributed by atoms with Crippen molar-refractivity contribution in [1.29, 1.82) is 0 Å². The van der Waals surface area contributed by atoms with E-state index in [0.717, 1.165) is 16.9 Å². The van der Waals surface area contributed by atoms with E-state index in [1.807, 2.05) is 12.1 Å². The first-order chi connectivity index (χ1) is 10.2. The molecule has 1 aromatic heterocycles. The highest BCUT2D eigenvalue weighted by Crippen LogP contribution is 2.17. The number of amides is 1. The number of nitrogens with one attached hydrogen (secondary N) is 2. The van der Waals surface area contributed by atoms with Crippen LogP contribution in [0.5, 0.6) is 0 Å². The third-order valence-corrected chi connectivity index (χ3v) is 3.50. The zero-order valence-electron chi connectivity index (χ0n) is 11.4. The Bertz CT molecular complexity index is 637. The Kier molecular flexibility index (Phi) is 4.38. The van der Waals surface area contributed by atoms with Crippen LogP contribution in [0, 0.1) is 0 Å². The van der Waals surface area contributed by atoms with Crippen LogP contribution in [0.2, 0.25) is 5.02 Å². The highest BCUT2D eigenvalue weighted by molar-refractivity contribution is 6.31. The van der Waals surface area contributed by atoms with Crippen molar-refractivity contribution in [3.05, 3.63) is 29.0 Å². The molecule has 1 aliphatic heterocycles. The van der Waals surface area contributed by atoms with Gasteiger partial charge in [-0.3, -0.25) is 4.79 Å². The van der Waals surface area contributed by atoms with Crippen molar-refractivity contribution < 1.29 is 14.3 Å². The number of rotatable bonds is 4. The van der Waals surface area contributed by atoms with Gasteiger partial charge in [0.2, 0.25) is 0 Å². The summed E-state index contributed by atoms with van der Waals surface area (Å²) in [6.07, 6.45) is 0.110. The van der Waals surface area contributed by atoms with Crippen LogP contribution < -0.4 is 5.32 Å². The Morgan fingerprint density at radius 3 is 3.19 bits per heavy atom. The van der Waals surface area contributed by atoms with Gasteiger partial charge in [-0.1, -0.05) is 11.6 Å². The smallest absolute Gasteiger partial charge is 0.251 e. The van der Waals surface area contributed by atoms with Crippen molar-refractivity contribution in [3.63, 3.8) is 0 Å². The summed E-state index contributed by atoms with van der Waals surface area (Å²) in [5, 5.41) is 3.49. The first kappa shape index (κ1) is 14.3. The van der Waals surface area contributed by atoms with Crippen LogP contribution in [-0.2, 0) is 20.7 Å². The number of nitrogens with zero attached hydrogens (tertiary/aromatic N) is 1. The van der Waals surface area contributed by atoms with Crippen molar-refractivity contribution in [2.45, 2.75) is 12.5 Å². The third-order valence-electron chi connectivity index (χ3n) is 3.26. The van der Waals surface area contributed by atoms with Crippen LogP contribution in [0.1, 0.15) is 5.82 Å². The number of fused-ring (bicyclic) bond motifs is 1. The lowest BCUT2D eigenvalue weighted by atomic mass is 10.3. The maximum absolute atomic E-state index is 11.8. The van der Waals surface area contributed by atoms with Gasteiger partial charge in [0.15, 0.2) is 6.10 Å². The Hall–Kier alpha value is -1.63. The molecule has 0 spiro atoms. The number of aromatic amines is 1. The van der Waals surface area contributed by atoms with E-state index in [1.165, 1.54) is 0 Å². The number of halogens is 1. The molecule has 1 saturated heterocycles. The molecule has 7 heteroatoms. The second-order valence-electron chi connectivity index (χ2n) is 4.82. The summed E-state index contributed by atoms with van der Waals surface area (Å²) < 4.78 is 10.5. The van der Waals surface area contributed by atoms with Crippen LogP contribution in [0.25, 0.3) is 11.0 Å². The normalized spacial score (nSPS) is 18.8. The minimum atomic E-state index is -0.506. The summed E-state index contributed by atoms with van der Waals surface area (Å²) in [6.45, 7) is 1.81. The Labute approximate surface area is 126 Å². The average Bonchev–Trinajstić information content (AvgIpc) is 2.89. The molecular weight excluding hydrogens is 294 g/mol. The quantitative estimate of drug-likeness (QED) is 0.892. The van der Waals surface area contributed by atoms with Gasteiger partial charge in [0.05, 0.1) is 30.9 Å². The Balaban J connectivity index is 1.53. The fraction of sp³-hybridized carbons (Fsp3) is 0.429. The molecule has 2 aromatic rings. The van der Waals surface area contributed by atoms with Crippen LogP contribution >= 0.6 is 11.6 Å². The molecule has 1 fully saturated rings. The molecule has 1 amide bonds. The maximum atomic E-state index is 11.8. The predicted octanol–water partition coefficient (Wildman–Crippen LogP) is 1.29. The number of aromatic nitrogens is 2. The summed E-state index contributed by atoms with van der Waals surface area (Å²) in [5.41, 5.74) is 1.76. The lowest BCUT2D eigenvalue weighted by Gasteiger charge is -2.21. The first-order valence-electron chi connectivity index (χ1n) is 6.83. The van der Waals surface area contributed by atoms with E-state index in [0.29, 0.717) is 37.8 Å². The minimum Gasteiger partial charge on any atom is -0.376 e. The molecule has 0 radical (unpaired) electrons. The number of H-pyrrole nitrogens is 1. The maximum Gasteiger partial charge on any atom is 0.251 e. The highest BCUT2D eigenvalue weighted by Gasteiger charge is 2.22. The molecule has 112 valence electrons. The zero-order valence-corrected chi connectivity index (χ0v) is 12.2. The number of carbonyl (C=O) groups excluding carboxylic acids is 1. The standard InChI is InChI=1S/C14H16ClN3O3/c15-9-1-2-10-11(7-9)18-13(17-10)3-4-16-14(19)12-8-20-5-6-21-12/h1-2,7,12H,3-6,8H2,(H,16,19)(H,17,18)/t12-/m1/s1. The molecule has 0 saturated carbocycles. The summed E-state index contributed by atoms with van der Waals surface area (Å²) in [4.78, 5) is 19.5. The summed E-state index contributed by atoms with van der Waals surface area (Å²) >= 11 is 5.93. The van der Waals surface area contributed by atoms with E-state index in [4.69, 9.17) is 21.1 Å². The molecule has 0 unspecified atom stereocenters. The average molecular weight is 310 g/mol. The number of hydrogen-bond acceptors (Lipinski definition) is 4. The van der Waals surface area contributed by atoms with Crippen LogP contribution in [0.4, 0.5) is 0 Å². The second kappa shape index (κ2) is 6.43. The fourth-order valence-corrected chi connectivity index (χ4v) is 2.38. The number of ether oxygens (including phenoxy) is 2. The molecule has 3 rings (SSSR count). The van der Waals surface area contributed by atoms with Gasteiger partial charge < -0.3 is 19.8 Å². The van der Waals surface area contributed by atoms with Gasteiger partial charge in [0, 0.05) is 18.0 Å². The van der Waals surface area contributed by atoms with Crippen LogP contribution in [0.3, 0.4) is 0 Å². The summed E-state index contributed by atoms with van der Waals surface area (Å²) in [7, 11) is 0. The van der Waals surface area contributed by atoms with Crippen LogP contribution in [0.15, 0.2) is 18.2 Å². The van der Waals surface area contributed by atoms with Gasteiger partial charge in [-0.15, -0.1) is 0 Å². The lowest BCUT2D eigenvalue weighted by Crippen LogP contribution is -2.43. The molecular formula is C14H16ClN3O3. The van der Waals surface area contributed by atoms with Crippen molar-refractivity contribution >= 4 is 28.5 Å². The third kappa shape index (κ3) is 3.53. The SMILES string of the molecule is O=C(NCCc1nc2ccc(Cl)cc2[nH]1)[C@H]1COCCO1. The number of benzene rings is 1. The van der Waals surface area contributed by atoms with Gasteiger partial charge in [0.25, 0.3) is 5.91 Å². The van der Waals surface area contributed by atoms with Crippen molar-refractivity contribution in [3.8, 4) is 0 Å². The van der Waals surface area contributed by atoms with E-state index in [1.54, 1.807) is 6.07 Å². The molecule has 2 N–H and O–H groups in total. The van der Waals surface area contributed by atoms with E-state index in [2.05, 4.69) is 15.3 Å². The van der Waals surface area contributed by atoms with Crippen molar-refractivity contribution in [1.82, 2.24) is 15.3 Å². The van der Waals surface area contributed by atoms with Gasteiger partial charge in [0.1, 0.15) is 5.82 Å². The fourth-order valence-electron chi connectivity index (χ4n) is 2.21. The topological polar surface area (TPSA) is 76.2 Å². The molecule has 0 aliphatic carbocycles.